The fourth-order valence-corrected chi connectivity index (χ4v) is 3.78. The normalized spacial score (nSPS) is 21.2. The number of rotatable bonds is 6. The molecule has 0 aliphatic carbocycles. The number of amides is 3. The molecule has 3 N–H and O–H groups in total. The Hall–Kier alpha value is -2.25. The van der Waals surface area contributed by atoms with Gasteiger partial charge in [0.15, 0.2) is 0 Å². The third-order valence-electron chi connectivity index (χ3n) is 5.03. The van der Waals surface area contributed by atoms with E-state index in [9.17, 15) is 14.4 Å². The van der Waals surface area contributed by atoms with Gasteiger partial charge >= 0.3 is 0 Å². The summed E-state index contributed by atoms with van der Waals surface area (Å²) in [6, 6.07) is 5.34. The number of nitrogens with two attached hydrogens (primary N) is 1. The number of nitrogens with zero attached hydrogens (tertiary/aromatic N) is 2. The number of hydrogen-bond donors (Lipinski definition) is 2. The molecule has 2 aliphatic heterocycles. The summed E-state index contributed by atoms with van der Waals surface area (Å²) >= 11 is 0. The van der Waals surface area contributed by atoms with Crippen molar-refractivity contribution in [2.45, 2.75) is 51.9 Å². The molecule has 0 bridgehead atoms. The molecule has 0 saturated carbocycles. The predicted molar refractivity (Wildman–Crippen MR) is 97.1 cm³/mol. The minimum absolute atomic E-state index is 0.0578. The van der Waals surface area contributed by atoms with Crippen LogP contribution in [-0.4, -0.2) is 52.7 Å². The first-order valence-electron chi connectivity index (χ1n) is 9.14. The lowest BCUT2D eigenvalue weighted by Gasteiger charge is -2.29. The zero-order chi connectivity index (χ0) is 18.8. The van der Waals surface area contributed by atoms with E-state index in [2.05, 4.69) is 17.1 Å². The van der Waals surface area contributed by atoms with Gasteiger partial charge in [0.1, 0.15) is 6.04 Å². The quantitative estimate of drug-likeness (QED) is 0.727. The van der Waals surface area contributed by atoms with Crippen LogP contribution in [0.4, 0.5) is 0 Å². The second-order valence-electron chi connectivity index (χ2n) is 7.16. The van der Waals surface area contributed by atoms with Gasteiger partial charge < -0.3 is 10.6 Å². The molecule has 7 nitrogen and oxygen atoms in total. The molecular formula is C19H26N4O3. The first-order valence-corrected chi connectivity index (χ1v) is 9.14. The largest absolute Gasteiger partial charge is 0.327 e. The van der Waals surface area contributed by atoms with Crippen molar-refractivity contribution in [3.8, 4) is 0 Å². The first kappa shape index (κ1) is 18.5. The minimum Gasteiger partial charge on any atom is -0.327 e. The molecule has 2 atom stereocenters. The average Bonchev–Trinajstić information content (AvgIpc) is 2.91. The summed E-state index contributed by atoms with van der Waals surface area (Å²) in [5.41, 5.74) is 8.52. The fraction of sp³-hybridized carbons (Fsp3) is 0.526. The molecule has 1 unspecified atom stereocenters. The van der Waals surface area contributed by atoms with Gasteiger partial charge in [-0.2, -0.15) is 0 Å². The molecule has 0 spiro atoms. The average molecular weight is 358 g/mol. The van der Waals surface area contributed by atoms with Crippen molar-refractivity contribution in [2.75, 3.05) is 13.1 Å². The van der Waals surface area contributed by atoms with Crippen molar-refractivity contribution in [1.29, 1.82) is 0 Å². The number of carbonyl (C=O) groups is 3. The Labute approximate surface area is 153 Å². The number of hydrogen-bond acceptors (Lipinski definition) is 5. The summed E-state index contributed by atoms with van der Waals surface area (Å²) in [4.78, 5) is 40.4. The van der Waals surface area contributed by atoms with Gasteiger partial charge in [0.05, 0.1) is 0 Å². The Morgan fingerprint density at radius 2 is 2.12 bits per heavy atom. The Morgan fingerprint density at radius 3 is 2.77 bits per heavy atom. The monoisotopic (exact) mass is 358 g/mol. The highest BCUT2D eigenvalue weighted by Gasteiger charge is 2.40. The van der Waals surface area contributed by atoms with E-state index in [1.807, 2.05) is 25.1 Å². The second-order valence-corrected chi connectivity index (χ2v) is 7.16. The zero-order valence-corrected chi connectivity index (χ0v) is 15.3. The second kappa shape index (κ2) is 7.55. The summed E-state index contributed by atoms with van der Waals surface area (Å²) in [6.07, 6.45) is 0.646. The highest BCUT2D eigenvalue weighted by Crippen LogP contribution is 2.30. The SMILES string of the molecule is CCN(Cc1cccc2c1C(=O)N(C1CCC(=O)NC1=O)C2)C[C@@H](C)N. The number of fused-ring (bicyclic) bond motifs is 1. The van der Waals surface area contributed by atoms with Crippen LogP contribution in [-0.2, 0) is 22.7 Å². The van der Waals surface area contributed by atoms with Crippen LogP contribution in [0.25, 0.3) is 0 Å². The summed E-state index contributed by atoms with van der Waals surface area (Å²) in [5, 5.41) is 2.34. The summed E-state index contributed by atoms with van der Waals surface area (Å²) in [6.45, 7) is 6.70. The number of nitrogens with one attached hydrogen (secondary N) is 1. The van der Waals surface area contributed by atoms with Crippen molar-refractivity contribution >= 4 is 17.7 Å². The van der Waals surface area contributed by atoms with Gasteiger partial charge in [-0.25, -0.2) is 0 Å². The number of imide groups is 1. The highest BCUT2D eigenvalue weighted by molar-refractivity contribution is 6.05. The standard InChI is InChI=1S/C19H26N4O3/c1-3-22(9-12(2)20)10-13-5-4-6-14-11-23(19(26)17(13)14)15-7-8-16(24)21-18(15)25/h4-6,12,15H,3,7-11,20H2,1-2H3,(H,21,24,25)/t12-,15?/m1/s1. The fourth-order valence-electron chi connectivity index (χ4n) is 3.78. The van der Waals surface area contributed by atoms with E-state index in [-0.39, 0.29) is 30.2 Å². The molecule has 7 heteroatoms. The molecule has 3 rings (SSSR count). The maximum atomic E-state index is 13.1. The molecule has 2 aliphatic rings. The van der Waals surface area contributed by atoms with Crippen molar-refractivity contribution in [3.05, 3.63) is 34.9 Å². The van der Waals surface area contributed by atoms with Crippen LogP contribution in [0.5, 0.6) is 0 Å². The Bertz CT molecular complexity index is 731. The number of piperidine rings is 1. The minimum atomic E-state index is -0.577. The smallest absolute Gasteiger partial charge is 0.255 e. The van der Waals surface area contributed by atoms with E-state index in [4.69, 9.17) is 5.73 Å². The van der Waals surface area contributed by atoms with Gasteiger partial charge in [-0.1, -0.05) is 25.1 Å². The molecule has 140 valence electrons. The molecular weight excluding hydrogens is 332 g/mol. The first-order chi connectivity index (χ1) is 12.4. The van der Waals surface area contributed by atoms with Crippen LogP contribution >= 0.6 is 0 Å². The summed E-state index contributed by atoms with van der Waals surface area (Å²) < 4.78 is 0. The van der Waals surface area contributed by atoms with Gasteiger partial charge in [-0.15, -0.1) is 0 Å². The van der Waals surface area contributed by atoms with E-state index in [0.717, 1.165) is 24.2 Å². The lowest BCUT2D eigenvalue weighted by molar-refractivity contribution is -0.136. The molecule has 0 radical (unpaired) electrons. The molecule has 1 fully saturated rings. The van der Waals surface area contributed by atoms with Crippen LogP contribution in [0.1, 0.15) is 48.2 Å². The zero-order valence-electron chi connectivity index (χ0n) is 15.3. The predicted octanol–water partition coefficient (Wildman–Crippen LogP) is 0.617. The maximum absolute atomic E-state index is 13.1. The molecule has 26 heavy (non-hydrogen) atoms. The molecule has 1 saturated heterocycles. The lowest BCUT2D eigenvalue weighted by atomic mass is 10.0. The highest BCUT2D eigenvalue weighted by atomic mass is 16.2. The van der Waals surface area contributed by atoms with Crippen LogP contribution < -0.4 is 11.1 Å². The van der Waals surface area contributed by atoms with Crippen LogP contribution in [0.15, 0.2) is 18.2 Å². The third-order valence-corrected chi connectivity index (χ3v) is 5.03. The number of likely N-dealkylation sites (N-methyl/N-ethyl adjacent to an activating group) is 1. The van der Waals surface area contributed by atoms with Crippen molar-refractivity contribution in [3.63, 3.8) is 0 Å². The number of benzene rings is 1. The lowest BCUT2D eigenvalue weighted by Crippen LogP contribution is -2.52. The van der Waals surface area contributed by atoms with Crippen LogP contribution in [0.2, 0.25) is 0 Å². The number of carbonyl (C=O) groups excluding carboxylic acids is 3. The van der Waals surface area contributed by atoms with Gasteiger partial charge in [0.25, 0.3) is 5.91 Å². The Balaban J connectivity index is 1.82. The van der Waals surface area contributed by atoms with E-state index < -0.39 is 6.04 Å². The topological polar surface area (TPSA) is 95.7 Å². The molecule has 0 aromatic heterocycles. The van der Waals surface area contributed by atoms with Crippen LogP contribution in [0, 0.1) is 0 Å². The van der Waals surface area contributed by atoms with E-state index >= 15 is 0 Å². The van der Waals surface area contributed by atoms with Crippen LogP contribution in [0.3, 0.4) is 0 Å². The van der Waals surface area contributed by atoms with E-state index in [1.54, 1.807) is 4.90 Å². The molecule has 2 heterocycles. The van der Waals surface area contributed by atoms with E-state index in [1.165, 1.54) is 0 Å². The Morgan fingerprint density at radius 1 is 1.35 bits per heavy atom. The maximum Gasteiger partial charge on any atom is 0.255 e. The Kier molecular flexibility index (Phi) is 5.38. The third kappa shape index (κ3) is 3.64. The summed E-state index contributed by atoms with van der Waals surface area (Å²) in [7, 11) is 0. The van der Waals surface area contributed by atoms with Gasteiger partial charge in [-0.05, 0) is 31.0 Å². The summed E-state index contributed by atoms with van der Waals surface area (Å²) in [5.74, 6) is -0.774. The van der Waals surface area contributed by atoms with Crippen molar-refractivity contribution in [2.24, 2.45) is 5.73 Å². The van der Waals surface area contributed by atoms with Crippen molar-refractivity contribution < 1.29 is 14.4 Å². The molecule has 1 aromatic carbocycles. The van der Waals surface area contributed by atoms with E-state index in [0.29, 0.717) is 25.1 Å². The van der Waals surface area contributed by atoms with Gasteiger partial charge in [0.2, 0.25) is 11.8 Å². The van der Waals surface area contributed by atoms with Gasteiger partial charge in [0, 0.05) is 37.7 Å². The van der Waals surface area contributed by atoms with Crippen molar-refractivity contribution in [1.82, 2.24) is 15.1 Å². The molecule has 3 amide bonds. The van der Waals surface area contributed by atoms with Gasteiger partial charge in [-0.3, -0.25) is 24.6 Å². The molecule has 1 aromatic rings.